The first-order chi connectivity index (χ1) is 8.29. The Morgan fingerprint density at radius 1 is 1.12 bits per heavy atom. The van der Waals surface area contributed by atoms with Gasteiger partial charge in [0, 0.05) is 0 Å². The zero-order valence-corrected chi connectivity index (χ0v) is 14.5. The molecule has 0 saturated heterocycles. The van der Waals surface area contributed by atoms with E-state index in [2.05, 4.69) is 41.1 Å². The van der Waals surface area contributed by atoms with E-state index in [0.717, 1.165) is 12.8 Å². The molecule has 0 atom stereocenters. The molecule has 2 aliphatic rings. The summed E-state index contributed by atoms with van der Waals surface area (Å²) < 4.78 is 6.06. The monoisotopic (exact) mass is 398 g/mol. The number of allylic oxidation sites excluding steroid dienone is 8. The molecule has 2 heteroatoms. The molecular weight excluding hydrogens is 375 g/mol. The van der Waals surface area contributed by atoms with Crippen molar-refractivity contribution < 1.29 is 26.5 Å². The Bertz CT molecular complexity index is 305. The Balaban J connectivity index is 0.000000249. The molecule has 0 aromatic rings. The average Bonchev–Trinajstić information content (AvgIpc) is 3.04. The Morgan fingerprint density at radius 3 is 1.88 bits per heavy atom. The maximum absolute atomic E-state index is 9.53. The van der Waals surface area contributed by atoms with Crippen LogP contribution in [-0.4, -0.2) is 6.61 Å². The Morgan fingerprint density at radius 2 is 1.65 bits per heavy atom. The quantitative estimate of drug-likeness (QED) is 0.667. The normalized spacial score (nSPS) is 16.4. The predicted octanol–water partition coefficient (Wildman–Crippen LogP) is 3.49. The van der Waals surface area contributed by atoms with Gasteiger partial charge in [0.05, 0.1) is 0 Å². The van der Waals surface area contributed by atoms with Gasteiger partial charge in [-0.25, -0.2) is 0 Å². The van der Waals surface area contributed by atoms with E-state index in [9.17, 15) is 5.11 Å². The second-order valence-electron chi connectivity index (χ2n) is 4.33. The van der Waals surface area contributed by atoms with Crippen LogP contribution in [0.3, 0.4) is 0 Å². The summed E-state index contributed by atoms with van der Waals surface area (Å²) >= 11 is -1.43. The topological polar surface area (TPSA) is 23.1 Å². The molecule has 0 saturated carbocycles. The summed E-state index contributed by atoms with van der Waals surface area (Å²) in [5.74, 6) is 0. The van der Waals surface area contributed by atoms with Gasteiger partial charge in [0.25, 0.3) is 0 Å². The van der Waals surface area contributed by atoms with Crippen molar-refractivity contribution in [1.82, 2.24) is 0 Å². The number of rotatable bonds is 4. The zero-order valence-electron chi connectivity index (χ0n) is 10.9. The number of hydrogen-bond acceptors (Lipinski definition) is 1. The van der Waals surface area contributed by atoms with Crippen LogP contribution in [-0.2, 0) is 21.4 Å². The predicted molar refractivity (Wildman–Crippen MR) is 69.3 cm³/mol. The summed E-state index contributed by atoms with van der Waals surface area (Å²) in [4.78, 5) is 0. The molecule has 0 aromatic carbocycles. The van der Waals surface area contributed by atoms with Crippen LogP contribution in [0.25, 0.3) is 0 Å². The first kappa shape index (κ1) is 14.8. The molecule has 92 valence electrons. The van der Waals surface area contributed by atoms with E-state index < -0.39 is 21.4 Å². The number of unbranched alkanes of at least 4 members (excludes halogenated alkanes) is 1. The zero-order chi connectivity index (χ0) is 12.5. The van der Waals surface area contributed by atoms with Crippen LogP contribution in [0.1, 0.15) is 32.6 Å². The van der Waals surface area contributed by atoms with Crippen molar-refractivity contribution in [3.05, 3.63) is 43.1 Å². The Labute approximate surface area is 113 Å². The third kappa shape index (κ3) is 5.31. The fourth-order valence-electron chi connectivity index (χ4n) is 1.80. The summed E-state index contributed by atoms with van der Waals surface area (Å²) in [5, 5.41) is 9.53. The third-order valence-corrected chi connectivity index (χ3v) is 12.6. The molecule has 0 spiro atoms. The summed E-state index contributed by atoms with van der Waals surface area (Å²) in [6.45, 7) is 2.11. The van der Waals surface area contributed by atoms with Gasteiger partial charge in [-0.3, -0.25) is 0 Å². The first-order valence-electron chi connectivity index (χ1n) is 6.43. The molecule has 1 nitrogen and oxygen atoms in total. The summed E-state index contributed by atoms with van der Waals surface area (Å²) in [6.07, 6.45) is 18.1. The van der Waals surface area contributed by atoms with E-state index in [1.165, 1.54) is 12.8 Å². The summed E-state index contributed by atoms with van der Waals surface area (Å²) in [7, 11) is 0. The van der Waals surface area contributed by atoms with Crippen molar-refractivity contribution in [2.24, 2.45) is 0 Å². The van der Waals surface area contributed by atoms with Crippen molar-refractivity contribution in [1.29, 1.82) is 0 Å². The Hall–Kier alpha value is -0.210. The van der Waals surface area contributed by atoms with Crippen LogP contribution >= 0.6 is 0 Å². The fraction of sp³-hybridized carbons (Fsp3) is 0.467. The van der Waals surface area contributed by atoms with Crippen LogP contribution in [0, 0.1) is 0 Å². The molecule has 0 unspecified atom stereocenters. The van der Waals surface area contributed by atoms with Crippen LogP contribution in [0.4, 0.5) is 0 Å². The molecule has 0 fully saturated rings. The van der Waals surface area contributed by atoms with Crippen molar-refractivity contribution >= 4 is 0 Å². The average molecular weight is 397 g/mol. The maximum atomic E-state index is 9.53. The molecule has 0 radical (unpaired) electrons. The molecular formula is C15H22HfO. The van der Waals surface area contributed by atoms with E-state index in [4.69, 9.17) is 0 Å². The SMILES string of the molecule is CCCC[O-].[CH3][Hf+]([C]1=CC=CC1)[C]1=CC=CC1. The van der Waals surface area contributed by atoms with Gasteiger partial charge >= 0.3 is 82.1 Å². The van der Waals surface area contributed by atoms with Crippen LogP contribution < -0.4 is 5.11 Å². The van der Waals surface area contributed by atoms with Crippen LogP contribution in [0.15, 0.2) is 43.1 Å². The Kier molecular flexibility index (Phi) is 7.70. The first-order valence-corrected chi connectivity index (χ1v) is 13.6. The van der Waals surface area contributed by atoms with Crippen molar-refractivity contribution in [3.63, 3.8) is 0 Å². The molecule has 0 aliphatic heterocycles. The van der Waals surface area contributed by atoms with Gasteiger partial charge in [-0.1, -0.05) is 19.8 Å². The van der Waals surface area contributed by atoms with E-state index in [0.29, 0.717) is 0 Å². The van der Waals surface area contributed by atoms with Gasteiger partial charge in [0.15, 0.2) is 0 Å². The van der Waals surface area contributed by atoms with E-state index in [1.807, 2.05) is 6.92 Å². The second-order valence-corrected chi connectivity index (χ2v) is 13.4. The van der Waals surface area contributed by atoms with E-state index in [-0.39, 0.29) is 6.61 Å². The fourth-order valence-corrected chi connectivity index (χ4v) is 8.82. The molecule has 17 heavy (non-hydrogen) atoms. The van der Waals surface area contributed by atoms with Crippen molar-refractivity contribution in [2.45, 2.75) is 37.3 Å². The van der Waals surface area contributed by atoms with Gasteiger partial charge in [-0.05, 0) is 0 Å². The molecule has 2 aliphatic carbocycles. The van der Waals surface area contributed by atoms with Crippen molar-refractivity contribution in [2.75, 3.05) is 6.61 Å². The van der Waals surface area contributed by atoms with Gasteiger partial charge < -0.3 is 5.11 Å². The summed E-state index contributed by atoms with van der Waals surface area (Å²) in [5.41, 5.74) is 0. The van der Waals surface area contributed by atoms with Crippen LogP contribution in [0.2, 0.25) is 4.68 Å². The summed E-state index contributed by atoms with van der Waals surface area (Å²) in [6, 6.07) is 0. The van der Waals surface area contributed by atoms with Gasteiger partial charge in [-0.2, -0.15) is 0 Å². The molecule has 0 N–H and O–H groups in total. The van der Waals surface area contributed by atoms with Gasteiger partial charge in [-0.15, -0.1) is 6.61 Å². The minimum atomic E-state index is -1.43. The van der Waals surface area contributed by atoms with E-state index in [1.54, 1.807) is 6.66 Å². The molecule has 0 bridgehead atoms. The van der Waals surface area contributed by atoms with Gasteiger partial charge in [0.1, 0.15) is 0 Å². The minimum absolute atomic E-state index is 0.0938. The third-order valence-electron chi connectivity index (χ3n) is 3.00. The van der Waals surface area contributed by atoms with Crippen LogP contribution in [0.5, 0.6) is 0 Å². The molecule has 0 aromatic heterocycles. The molecule has 2 rings (SSSR count). The van der Waals surface area contributed by atoms with E-state index >= 15 is 0 Å². The number of hydrogen-bond donors (Lipinski definition) is 0. The van der Waals surface area contributed by atoms with Gasteiger partial charge in [0.2, 0.25) is 0 Å². The van der Waals surface area contributed by atoms with Crippen molar-refractivity contribution in [3.8, 4) is 0 Å². The molecule has 0 heterocycles. The molecule has 0 amide bonds. The second kappa shape index (κ2) is 8.82. The standard InChI is InChI=1S/2C5H5.C4H9O.CH3.Hf/c2*1-2-4-5-3-1;1-2-3-4-5;;/h2*1-3H,4H2;2-4H2,1H3;1H3;/q;;-1;;+1.